The van der Waals surface area contributed by atoms with Crippen LogP contribution in [0.1, 0.15) is 43.0 Å². The van der Waals surface area contributed by atoms with E-state index in [4.69, 9.17) is 14.2 Å². The maximum absolute atomic E-state index is 12.7. The zero-order valence-corrected chi connectivity index (χ0v) is 15.0. The van der Waals surface area contributed by atoms with Gasteiger partial charge in [0.25, 0.3) is 0 Å². The molecule has 26 heavy (non-hydrogen) atoms. The van der Waals surface area contributed by atoms with Gasteiger partial charge in [0, 0.05) is 16.7 Å². The number of aryl methyl sites for hydroxylation is 1. The molecule has 3 rings (SSSR count). The van der Waals surface area contributed by atoms with E-state index in [1.807, 2.05) is 0 Å². The highest BCUT2D eigenvalue weighted by atomic mass is 16.6. The molecule has 7 heteroatoms. The molecule has 0 saturated carbocycles. The number of benzene rings is 2. The highest BCUT2D eigenvalue weighted by Crippen LogP contribution is 2.49. The lowest BCUT2D eigenvalue weighted by atomic mass is 10.0. The van der Waals surface area contributed by atoms with Crippen LogP contribution in [0.15, 0.2) is 6.07 Å². The Labute approximate surface area is 149 Å². The van der Waals surface area contributed by atoms with Crippen molar-refractivity contribution in [3.05, 3.63) is 39.4 Å². The molecule has 7 nitrogen and oxygen atoms in total. The molecule has 1 aliphatic rings. The van der Waals surface area contributed by atoms with Crippen molar-refractivity contribution in [2.24, 2.45) is 0 Å². The molecule has 1 aliphatic heterocycles. The van der Waals surface area contributed by atoms with Crippen LogP contribution >= 0.6 is 0 Å². The second-order valence-corrected chi connectivity index (χ2v) is 6.15. The van der Waals surface area contributed by atoms with Gasteiger partial charge in [-0.3, -0.25) is 0 Å². The third-order valence-electron chi connectivity index (χ3n) is 4.57. The van der Waals surface area contributed by atoms with Crippen molar-refractivity contribution in [2.75, 3.05) is 7.11 Å². The summed E-state index contributed by atoms with van der Waals surface area (Å²) >= 11 is 0. The molecular formula is C19H18O7. The normalized spacial score (nSPS) is 12.4. The van der Waals surface area contributed by atoms with Gasteiger partial charge in [0.2, 0.25) is 0 Å². The van der Waals surface area contributed by atoms with Crippen LogP contribution < -0.4 is 14.2 Å². The Morgan fingerprint density at radius 2 is 1.62 bits per heavy atom. The van der Waals surface area contributed by atoms with Crippen LogP contribution in [-0.2, 0) is 0 Å². The van der Waals surface area contributed by atoms with E-state index in [1.54, 1.807) is 19.9 Å². The molecule has 0 atom stereocenters. The number of phenols is 1. The molecule has 1 heterocycles. The SMILES string of the molecule is COc1cc(C)c2c(c1C)Oc1c(C)c(C(=O)O)c(O)c(C)c1OC2=O. The average Bonchev–Trinajstić information content (AvgIpc) is 2.73. The zero-order valence-electron chi connectivity index (χ0n) is 15.0. The van der Waals surface area contributed by atoms with Gasteiger partial charge in [-0.15, -0.1) is 0 Å². The molecule has 0 amide bonds. The fourth-order valence-corrected chi connectivity index (χ4v) is 3.13. The number of carboxylic acid groups (broad SMARTS) is 1. The zero-order chi connectivity index (χ0) is 19.3. The highest BCUT2D eigenvalue weighted by molar-refractivity contribution is 6.00. The predicted molar refractivity (Wildman–Crippen MR) is 92.0 cm³/mol. The number of carbonyl (C=O) groups excluding carboxylic acids is 1. The first kappa shape index (κ1) is 17.6. The van der Waals surface area contributed by atoms with Gasteiger partial charge in [-0.25, -0.2) is 9.59 Å². The highest BCUT2D eigenvalue weighted by Gasteiger charge is 2.33. The van der Waals surface area contributed by atoms with E-state index in [0.29, 0.717) is 16.9 Å². The van der Waals surface area contributed by atoms with Crippen molar-refractivity contribution in [3.8, 4) is 28.7 Å². The molecule has 136 valence electrons. The van der Waals surface area contributed by atoms with Gasteiger partial charge in [0.15, 0.2) is 11.5 Å². The topological polar surface area (TPSA) is 102 Å². The number of methoxy groups -OCH3 is 1. The molecule has 0 fully saturated rings. The molecule has 2 aromatic rings. The second-order valence-electron chi connectivity index (χ2n) is 6.15. The van der Waals surface area contributed by atoms with Crippen molar-refractivity contribution >= 4 is 11.9 Å². The number of carbonyl (C=O) groups is 2. The quantitative estimate of drug-likeness (QED) is 0.624. The molecule has 0 saturated heterocycles. The van der Waals surface area contributed by atoms with Crippen LogP contribution in [0.25, 0.3) is 0 Å². The van der Waals surface area contributed by atoms with Gasteiger partial charge in [-0.05, 0) is 39.3 Å². The second kappa shape index (κ2) is 5.94. The molecule has 0 spiro atoms. The Morgan fingerprint density at radius 3 is 2.19 bits per heavy atom. The predicted octanol–water partition coefficient (Wildman–Crippen LogP) is 3.66. The summed E-state index contributed by atoms with van der Waals surface area (Å²) in [7, 11) is 1.51. The molecule has 0 radical (unpaired) electrons. The van der Waals surface area contributed by atoms with E-state index in [0.717, 1.165) is 0 Å². The van der Waals surface area contributed by atoms with Crippen LogP contribution in [-0.4, -0.2) is 29.3 Å². The first-order valence-corrected chi connectivity index (χ1v) is 7.86. The van der Waals surface area contributed by atoms with Gasteiger partial charge in [0.05, 0.1) is 7.11 Å². The average molecular weight is 358 g/mol. The van der Waals surface area contributed by atoms with Gasteiger partial charge >= 0.3 is 11.9 Å². The van der Waals surface area contributed by atoms with E-state index in [-0.39, 0.29) is 39.5 Å². The third-order valence-corrected chi connectivity index (χ3v) is 4.57. The fraction of sp³-hybridized carbons (Fsp3) is 0.263. The summed E-state index contributed by atoms with van der Waals surface area (Å²) < 4.78 is 16.8. The number of carboxylic acids is 1. The van der Waals surface area contributed by atoms with Crippen molar-refractivity contribution in [1.29, 1.82) is 0 Å². The minimum Gasteiger partial charge on any atom is -0.507 e. The molecular weight excluding hydrogens is 340 g/mol. The number of hydrogen-bond acceptors (Lipinski definition) is 6. The minimum absolute atomic E-state index is 0.00367. The van der Waals surface area contributed by atoms with E-state index < -0.39 is 17.7 Å². The van der Waals surface area contributed by atoms with Crippen molar-refractivity contribution < 1.29 is 34.0 Å². The van der Waals surface area contributed by atoms with Crippen LogP contribution in [0.4, 0.5) is 0 Å². The number of fused-ring (bicyclic) bond motifs is 2. The number of esters is 1. The maximum atomic E-state index is 12.7. The summed E-state index contributed by atoms with van der Waals surface area (Å²) in [4.78, 5) is 24.2. The molecule has 0 aliphatic carbocycles. The fourth-order valence-electron chi connectivity index (χ4n) is 3.13. The van der Waals surface area contributed by atoms with Crippen LogP contribution in [0.5, 0.6) is 28.7 Å². The Kier molecular flexibility index (Phi) is 4.02. The van der Waals surface area contributed by atoms with Gasteiger partial charge in [-0.1, -0.05) is 0 Å². The largest absolute Gasteiger partial charge is 0.507 e. The van der Waals surface area contributed by atoms with Crippen LogP contribution in [0.2, 0.25) is 0 Å². The molecule has 0 aromatic heterocycles. The van der Waals surface area contributed by atoms with Gasteiger partial charge < -0.3 is 24.4 Å². The van der Waals surface area contributed by atoms with Crippen molar-refractivity contribution in [2.45, 2.75) is 27.7 Å². The maximum Gasteiger partial charge on any atom is 0.347 e. The van der Waals surface area contributed by atoms with Crippen molar-refractivity contribution in [3.63, 3.8) is 0 Å². The monoisotopic (exact) mass is 358 g/mol. The van der Waals surface area contributed by atoms with Gasteiger partial charge in [-0.2, -0.15) is 0 Å². The molecule has 0 unspecified atom stereocenters. The summed E-state index contributed by atoms with van der Waals surface area (Å²) in [6.45, 7) is 6.41. The Balaban J connectivity index is 2.38. The van der Waals surface area contributed by atoms with E-state index in [9.17, 15) is 19.8 Å². The number of aromatic hydroxyl groups is 1. The van der Waals surface area contributed by atoms with E-state index in [1.165, 1.54) is 21.0 Å². The van der Waals surface area contributed by atoms with E-state index in [2.05, 4.69) is 0 Å². The summed E-state index contributed by atoms with van der Waals surface area (Å²) in [6.07, 6.45) is 0. The van der Waals surface area contributed by atoms with E-state index >= 15 is 0 Å². The van der Waals surface area contributed by atoms with Crippen LogP contribution in [0.3, 0.4) is 0 Å². The number of ether oxygens (including phenoxy) is 3. The summed E-state index contributed by atoms with van der Waals surface area (Å²) in [5, 5.41) is 19.7. The van der Waals surface area contributed by atoms with Gasteiger partial charge in [0.1, 0.15) is 28.4 Å². The molecule has 2 aromatic carbocycles. The molecule has 2 N–H and O–H groups in total. The third kappa shape index (κ3) is 2.35. The minimum atomic E-state index is -1.30. The first-order valence-electron chi connectivity index (χ1n) is 7.86. The Bertz CT molecular complexity index is 973. The number of aromatic carboxylic acids is 1. The standard InChI is InChI=1S/C19H18O7/c1-7-6-11(24-5)8(2)15-12(7)19(23)26-17-10(4)14(20)13(18(21)22)9(3)16(17)25-15/h6,20H,1-5H3,(H,21,22). The molecule has 0 bridgehead atoms. The Morgan fingerprint density at radius 1 is 1.00 bits per heavy atom. The lowest BCUT2D eigenvalue weighted by Gasteiger charge is -2.17. The first-order chi connectivity index (χ1) is 12.2. The summed E-state index contributed by atoms with van der Waals surface area (Å²) in [5.74, 6) is -1.54. The summed E-state index contributed by atoms with van der Waals surface area (Å²) in [5.41, 5.74) is 1.40. The van der Waals surface area contributed by atoms with Crippen molar-refractivity contribution in [1.82, 2.24) is 0 Å². The van der Waals surface area contributed by atoms with Crippen LogP contribution in [0, 0.1) is 27.7 Å². The number of rotatable bonds is 2. The number of hydrogen-bond donors (Lipinski definition) is 2. The summed E-state index contributed by atoms with van der Waals surface area (Å²) in [6, 6.07) is 1.70. The Hall–Kier alpha value is -3.22. The lowest BCUT2D eigenvalue weighted by Crippen LogP contribution is -2.11. The smallest absolute Gasteiger partial charge is 0.347 e. The lowest BCUT2D eigenvalue weighted by molar-refractivity contribution is 0.0692.